The maximum absolute atomic E-state index is 12.3. The average molecular weight is 387 g/mol. The largest absolute Gasteiger partial charge is 0.482 e. The molecule has 1 aliphatic heterocycles. The van der Waals surface area contributed by atoms with E-state index in [2.05, 4.69) is 5.32 Å². The van der Waals surface area contributed by atoms with E-state index in [9.17, 15) is 19.7 Å². The van der Waals surface area contributed by atoms with Crippen LogP contribution in [0.3, 0.4) is 0 Å². The van der Waals surface area contributed by atoms with Crippen molar-refractivity contribution in [2.24, 2.45) is 11.7 Å². The predicted octanol–water partition coefficient (Wildman–Crippen LogP) is 1.23. The van der Waals surface area contributed by atoms with E-state index in [1.807, 2.05) is 13.8 Å². The highest BCUT2D eigenvalue weighted by molar-refractivity contribution is 6.02. The Hall–Kier alpha value is -2.39. The Morgan fingerprint density at radius 1 is 1.46 bits per heavy atom. The normalized spacial score (nSPS) is 14.2. The number of hydrogen-bond donors (Lipinski definition) is 2. The summed E-state index contributed by atoms with van der Waals surface area (Å²) in [5.74, 6) is -0.113. The minimum absolute atomic E-state index is 0. The molecule has 0 aliphatic carbocycles. The number of rotatable bonds is 7. The fourth-order valence-corrected chi connectivity index (χ4v) is 2.68. The molecule has 0 saturated carbocycles. The van der Waals surface area contributed by atoms with Crippen LogP contribution in [-0.4, -0.2) is 42.5 Å². The molecule has 0 saturated heterocycles. The zero-order valence-electron chi connectivity index (χ0n) is 14.6. The number of anilines is 1. The molecular weight excluding hydrogens is 364 g/mol. The number of amides is 2. The van der Waals surface area contributed by atoms with E-state index in [1.54, 1.807) is 0 Å². The summed E-state index contributed by atoms with van der Waals surface area (Å²) in [6.07, 6.45) is 0.724. The lowest BCUT2D eigenvalue weighted by Gasteiger charge is -2.29. The number of carbonyl (C=O) groups is 2. The highest BCUT2D eigenvalue weighted by atomic mass is 35.5. The molecule has 0 spiro atoms. The number of carbonyl (C=O) groups excluding carboxylic acids is 2. The highest BCUT2D eigenvalue weighted by Gasteiger charge is 2.29. The summed E-state index contributed by atoms with van der Waals surface area (Å²) >= 11 is 0. The highest BCUT2D eigenvalue weighted by Crippen LogP contribution is 2.35. The summed E-state index contributed by atoms with van der Waals surface area (Å²) in [6.45, 7) is 3.88. The number of ether oxygens (including phenoxy) is 1. The molecule has 1 aromatic rings. The van der Waals surface area contributed by atoms with Gasteiger partial charge >= 0.3 is 0 Å². The first-order valence-corrected chi connectivity index (χ1v) is 8.02. The number of nitrogens with two attached hydrogens (primary N) is 1. The van der Waals surface area contributed by atoms with Crippen molar-refractivity contribution in [1.29, 1.82) is 0 Å². The Labute approximate surface area is 157 Å². The van der Waals surface area contributed by atoms with Crippen molar-refractivity contribution in [3.63, 3.8) is 0 Å². The Morgan fingerprint density at radius 2 is 2.15 bits per heavy atom. The maximum Gasteiger partial charge on any atom is 0.271 e. The lowest BCUT2D eigenvalue weighted by atomic mass is 10.0. The molecule has 1 atom stereocenters. The second kappa shape index (κ2) is 9.35. The number of non-ortho nitro benzene ring substituents is 1. The zero-order valence-corrected chi connectivity index (χ0v) is 15.5. The number of nitrogens with zero attached hydrogens (tertiary/aromatic N) is 2. The minimum atomic E-state index is -0.565. The van der Waals surface area contributed by atoms with Gasteiger partial charge in [-0.25, -0.2) is 0 Å². The molecule has 26 heavy (non-hydrogen) atoms. The second-order valence-electron chi connectivity index (χ2n) is 6.31. The molecule has 9 nitrogen and oxygen atoms in total. The summed E-state index contributed by atoms with van der Waals surface area (Å²) in [4.78, 5) is 36.0. The fourth-order valence-electron chi connectivity index (χ4n) is 2.68. The quantitative estimate of drug-likeness (QED) is 0.535. The molecule has 1 heterocycles. The molecule has 10 heteroatoms. The number of nitro benzene ring substituents is 1. The van der Waals surface area contributed by atoms with Crippen LogP contribution in [0.1, 0.15) is 20.3 Å². The molecule has 3 N–H and O–H groups in total. The van der Waals surface area contributed by atoms with Gasteiger partial charge in [-0.3, -0.25) is 24.6 Å². The van der Waals surface area contributed by atoms with Gasteiger partial charge in [-0.05, 0) is 18.4 Å². The van der Waals surface area contributed by atoms with Gasteiger partial charge in [0.05, 0.1) is 10.6 Å². The first-order valence-electron chi connectivity index (χ1n) is 8.02. The molecule has 2 amide bonds. The van der Waals surface area contributed by atoms with Crippen LogP contribution < -0.4 is 20.7 Å². The van der Waals surface area contributed by atoms with Crippen LogP contribution in [0.2, 0.25) is 0 Å². The second-order valence-corrected chi connectivity index (χ2v) is 6.31. The van der Waals surface area contributed by atoms with E-state index < -0.39 is 10.8 Å². The zero-order chi connectivity index (χ0) is 18.6. The van der Waals surface area contributed by atoms with Gasteiger partial charge in [0.2, 0.25) is 5.91 Å². The monoisotopic (exact) mass is 386 g/mol. The van der Waals surface area contributed by atoms with Gasteiger partial charge < -0.3 is 15.8 Å². The summed E-state index contributed by atoms with van der Waals surface area (Å²) in [6, 6.07) is 3.76. The van der Waals surface area contributed by atoms with Crippen LogP contribution >= 0.6 is 12.4 Å². The standard InChI is InChI=1S/C16H22N4O5.ClH/c1-10(2)5-11(7-17)18-15(21)8-19-13-6-12(20(23)24)3-4-14(13)25-9-16(19)22;/h3-4,6,10-11H,5,7-9,17H2,1-2H3,(H,18,21);1H. The van der Waals surface area contributed by atoms with E-state index in [-0.39, 0.29) is 48.9 Å². The van der Waals surface area contributed by atoms with Crippen LogP contribution in [-0.2, 0) is 9.59 Å². The predicted molar refractivity (Wildman–Crippen MR) is 98.6 cm³/mol. The molecule has 2 rings (SSSR count). The van der Waals surface area contributed by atoms with E-state index >= 15 is 0 Å². The van der Waals surface area contributed by atoms with Crippen molar-refractivity contribution in [1.82, 2.24) is 5.32 Å². The minimum Gasteiger partial charge on any atom is -0.482 e. The summed E-state index contributed by atoms with van der Waals surface area (Å²) in [5.41, 5.74) is 5.71. The molecule has 0 fully saturated rings. The van der Waals surface area contributed by atoms with Crippen molar-refractivity contribution in [3.05, 3.63) is 28.3 Å². The molecule has 0 aromatic heterocycles. The Bertz CT molecular complexity index is 683. The van der Waals surface area contributed by atoms with Gasteiger partial charge in [-0.15, -0.1) is 12.4 Å². The van der Waals surface area contributed by atoms with Gasteiger partial charge in [0.15, 0.2) is 6.61 Å². The van der Waals surface area contributed by atoms with E-state index in [1.165, 1.54) is 23.1 Å². The van der Waals surface area contributed by atoms with Gasteiger partial charge in [0.1, 0.15) is 12.3 Å². The van der Waals surface area contributed by atoms with Gasteiger partial charge in [0.25, 0.3) is 11.6 Å². The Morgan fingerprint density at radius 3 is 2.73 bits per heavy atom. The molecule has 0 bridgehead atoms. The van der Waals surface area contributed by atoms with Crippen molar-refractivity contribution >= 4 is 35.6 Å². The third kappa shape index (κ3) is 5.30. The number of nitrogens with one attached hydrogen (secondary N) is 1. The van der Waals surface area contributed by atoms with Crippen molar-refractivity contribution in [3.8, 4) is 5.75 Å². The van der Waals surface area contributed by atoms with Crippen LogP contribution in [0.5, 0.6) is 5.75 Å². The van der Waals surface area contributed by atoms with Crippen LogP contribution in [0, 0.1) is 16.0 Å². The number of fused-ring (bicyclic) bond motifs is 1. The first-order chi connectivity index (χ1) is 11.8. The van der Waals surface area contributed by atoms with Gasteiger partial charge in [-0.2, -0.15) is 0 Å². The number of nitro groups is 1. The molecule has 0 radical (unpaired) electrons. The SMILES string of the molecule is CC(C)CC(CN)NC(=O)CN1C(=O)COc2ccc([N+](=O)[O-])cc21.Cl. The summed E-state index contributed by atoms with van der Waals surface area (Å²) in [5, 5.41) is 13.8. The van der Waals surface area contributed by atoms with Crippen molar-refractivity contribution in [2.45, 2.75) is 26.3 Å². The third-order valence-corrected chi connectivity index (χ3v) is 3.80. The Kier molecular flexibility index (Phi) is 7.78. The van der Waals surface area contributed by atoms with E-state index in [0.29, 0.717) is 18.2 Å². The van der Waals surface area contributed by atoms with Crippen LogP contribution in [0.15, 0.2) is 18.2 Å². The lowest BCUT2D eigenvalue weighted by molar-refractivity contribution is -0.384. The molecule has 1 aromatic carbocycles. The molecule has 1 unspecified atom stereocenters. The summed E-state index contributed by atoms with van der Waals surface area (Å²) < 4.78 is 5.27. The maximum atomic E-state index is 12.3. The van der Waals surface area contributed by atoms with E-state index in [0.717, 1.165) is 6.42 Å². The van der Waals surface area contributed by atoms with Crippen LogP contribution in [0.4, 0.5) is 11.4 Å². The first kappa shape index (κ1) is 21.7. The van der Waals surface area contributed by atoms with Crippen LogP contribution in [0.25, 0.3) is 0 Å². The van der Waals surface area contributed by atoms with Gasteiger partial charge in [0, 0.05) is 24.7 Å². The van der Waals surface area contributed by atoms with E-state index in [4.69, 9.17) is 10.5 Å². The molecule has 1 aliphatic rings. The lowest BCUT2D eigenvalue weighted by Crippen LogP contribution is -2.49. The third-order valence-electron chi connectivity index (χ3n) is 3.80. The fraction of sp³-hybridized carbons (Fsp3) is 0.500. The van der Waals surface area contributed by atoms with Crippen molar-refractivity contribution in [2.75, 3.05) is 24.6 Å². The molecule has 144 valence electrons. The van der Waals surface area contributed by atoms with Gasteiger partial charge in [-0.1, -0.05) is 13.8 Å². The number of benzene rings is 1. The molecular formula is C16H23ClN4O5. The number of halogens is 1. The summed E-state index contributed by atoms with van der Waals surface area (Å²) in [7, 11) is 0. The Balaban J connectivity index is 0.00000338. The van der Waals surface area contributed by atoms with Crippen molar-refractivity contribution < 1.29 is 19.2 Å². The topological polar surface area (TPSA) is 128 Å². The average Bonchev–Trinajstić information content (AvgIpc) is 2.55. The number of hydrogen-bond acceptors (Lipinski definition) is 6. The smallest absolute Gasteiger partial charge is 0.271 e.